The topological polar surface area (TPSA) is 49.7 Å². The molecule has 0 amide bonds. The minimum absolute atomic E-state index is 0.102. The number of aliphatic hydroxyl groups is 2. The summed E-state index contributed by atoms with van der Waals surface area (Å²) in [7, 11) is 0. The molecule has 0 spiro atoms. The highest BCUT2D eigenvalue weighted by Gasteiger charge is 2.22. The van der Waals surface area contributed by atoms with Crippen molar-refractivity contribution >= 4 is 23.2 Å². The Morgan fingerprint density at radius 3 is 2.59 bits per heavy atom. The predicted octanol–water partition coefficient (Wildman–Crippen LogP) is 4.19. The van der Waals surface area contributed by atoms with Gasteiger partial charge in [0.2, 0.25) is 0 Å². The summed E-state index contributed by atoms with van der Waals surface area (Å²) in [5.74, 6) is 0. The van der Waals surface area contributed by atoms with Crippen LogP contribution in [0.5, 0.6) is 0 Å². The first-order chi connectivity index (χ1) is 10.6. The third-order valence-corrected chi connectivity index (χ3v) is 3.98. The first-order valence-corrected chi connectivity index (χ1v) is 7.80. The van der Waals surface area contributed by atoms with Crippen LogP contribution in [0.15, 0.2) is 54.2 Å². The summed E-state index contributed by atoms with van der Waals surface area (Å²) < 4.78 is 5.71. The van der Waals surface area contributed by atoms with Gasteiger partial charge in [-0.05, 0) is 18.6 Å². The Morgan fingerprint density at radius 2 is 1.91 bits per heavy atom. The molecule has 0 saturated carbocycles. The smallest absolute Gasteiger partial charge is 0.181 e. The second-order valence-corrected chi connectivity index (χ2v) is 5.67. The Bertz CT molecular complexity index is 573. The number of ether oxygens (including phenoxy) is 1. The number of rotatable bonds is 6. The van der Waals surface area contributed by atoms with Gasteiger partial charge >= 0.3 is 0 Å². The zero-order valence-electron chi connectivity index (χ0n) is 12.0. The van der Waals surface area contributed by atoms with Gasteiger partial charge < -0.3 is 14.9 Å². The highest BCUT2D eigenvalue weighted by atomic mass is 35.5. The van der Waals surface area contributed by atoms with Crippen LogP contribution in [0.1, 0.15) is 24.5 Å². The van der Waals surface area contributed by atoms with Crippen molar-refractivity contribution in [3.63, 3.8) is 0 Å². The van der Waals surface area contributed by atoms with Crippen LogP contribution in [0.4, 0.5) is 0 Å². The van der Waals surface area contributed by atoms with Gasteiger partial charge in [-0.1, -0.05) is 59.6 Å². The number of allylic oxidation sites excluding steroid dienone is 4. The van der Waals surface area contributed by atoms with Crippen LogP contribution < -0.4 is 0 Å². The van der Waals surface area contributed by atoms with Gasteiger partial charge in [0.05, 0.1) is 6.10 Å². The van der Waals surface area contributed by atoms with Gasteiger partial charge in [0.15, 0.2) is 6.29 Å². The molecule has 2 N–H and O–H groups in total. The number of benzene rings is 1. The van der Waals surface area contributed by atoms with E-state index in [4.69, 9.17) is 27.9 Å². The molecule has 1 aromatic rings. The van der Waals surface area contributed by atoms with Crippen LogP contribution in [0.25, 0.3) is 0 Å². The molecule has 0 saturated heterocycles. The second-order valence-electron chi connectivity index (χ2n) is 4.85. The third kappa shape index (κ3) is 4.45. The Balaban J connectivity index is 2.20. The highest BCUT2D eigenvalue weighted by Crippen LogP contribution is 2.35. The molecule has 0 aliphatic heterocycles. The molecule has 0 fully saturated rings. The van der Waals surface area contributed by atoms with E-state index in [0.29, 0.717) is 21.2 Å². The minimum atomic E-state index is -1.11. The molecular weight excluding hydrogens is 323 g/mol. The Morgan fingerprint density at radius 1 is 1.18 bits per heavy atom. The van der Waals surface area contributed by atoms with Crippen molar-refractivity contribution < 1.29 is 14.9 Å². The summed E-state index contributed by atoms with van der Waals surface area (Å²) in [5, 5.41) is 20.5. The van der Waals surface area contributed by atoms with E-state index in [1.54, 1.807) is 24.3 Å². The molecule has 0 aromatic heterocycles. The van der Waals surface area contributed by atoms with Crippen LogP contribution in [-0.2, 0) is 4.74 Å². The van der Waals surface area contributed by atoms with Gasteiger partial charge in [-0.2, -0.15) is 0 Å². The fourth-order valence-electron chi connectivity index (χ4n) is 2.23. The quantitative estimate of drug-likeness (QED) is 0.763. The van der Waals surface area contributed by atoms with Crippen LogP contribution in [0.3, 0.4) is 0 Å². The van der Waals surface area contributed by atoms with Crippen LogP contribution >= 0.6 is 23.2 Å². The van der Waals surface area contributed by atoms with Crippen molar-refractivity contribution in [2.45, 2.75) is 25.2 Å². The Labute approximate surface area is 140 Å². The number of halogens is 2. The van der Waals surface area contributed by atoms with E-state index in [0.717, 1.165) is 6.42 Å². The number of aliphatic hydroxyl groups excluding tert-OH is 2. The molecule has 0 bridgehead atoms. The molecule has 1 aromatic carbocycles. The van der Waals surface area contributed by atoms with Crippen LogP contribution in [0.2, 0.25) is 10.0 Å². The first kappa shape index (κ1) is 17.3. The molecule has 2 rings (SSSR count). The van der Waals surface area contributed by atoms with Crippen LogP contribution in [0, 0.1) is 0 Å². The number of hydrogen-bond donors (Lipinski definition) is 2. The van der Waals surface area contributed by atoms with Crippen molar-refractivity contribution in [3.8, 4) is 0 Å². The summed E-state index contributed by atoms with van der Waals surface area (Å²) in [6, 6.07) is 5.15. The lowest BCUT2D eigenvalue weighted by Gasteiger charge is -2.24. The first-order valence-electron chi connectivity index (χ1n) is 7.05. The molecule has 0 unspecified atom stereocenters. The van der Waals surface area contributed by atoms with Crippen molar-refractivity contribution in [3.05, 3.63) is 69.8 Å². The van der Waals surface area contributed by atoms with Gasteiger partial charge in [0, 0.05) is 34.2 Å². The van der Waals surface area contributed by atoms with Gasteiger partial charge in [-0.15, -0.1) is 0 Å². The van der Waals surface area contributed by atoms with E-state index in [1.807, 2.05) is 24.3 Å². The van der Waals surface area contributed by atoms with Gasteiger partial charge in [-0.25, -0.2) is 0 Å². The molecule has 2 atom stereocenters. The van der Waals surface area contributed by atoms with E-state index in [-0.39, 0.29) is 13.0 Å². The third-order valence-electron chi connectivity index (χ3n) is 3.32. The molecule has 1 aliphatic rings. The maximum Gasteiger partial charge on any atom is 0.181 e. The fourth-order valence-corrected chi connectivity index (χ4v) is 2.87. The average molecular weight is 341 g/mol. The van der Waals surface area contributed by atoms with Gasteiger partial charge in [-0.3, -0.25) is 0 Å². The lowest BCUT2D eigenvalue weighted by molar-refractivity contribution is -0.117. The number of hydrogen-bond acceptors (Lipinski definition) is 3. The Kier molecular flexibility index (Phi) is 6.68. The molecule has 0 heterocycles. The van der Waals surface area contributed by atoms with E-state index < -0.39 is 12.4 Å². The van der Waals surface area contributed by atoms with Crippen molar-refractivity contribution in [2.75, 3.05) is 6.61 Å². The maximum absolute atomic E-state index is 10.3. The zero-order chi connectivity index (χ0) is 15.9. The summed E-state index contributed by atoms with van der Waals surface area (Å²) in [5.41, 5.74) is 1.24. The summed E-state index contributed by atoms with van der Waals surface area (Å²) in [4.78, 5) is 0. The molecule has 118 valence electrons. The maximum atomic E-state index is 10.3. The van der Waals surface area contributed by atoms with E-state index >= 15 is 0 Å². The second kappa shape index (κ2) is 8.51. The van der Waals surface area contributed by atoms with E-state index in [9.17, 15) is 10.2 Å². The standard InChI is InChI=1S/C17H18Cl2O3/c18-13-8-5-9-14(19)16(13)15(10-11-20)22-17(21)12-6-3-1-2-4-7-12/h1-3,5-9,15,17,20-21H,4,10-11H2/t15-,17+/m1/s1. The molecule has 3 nitrogen and oxygen atoms in total. The lowest BCUT2D eigenvalue weighted by Crippen LogP contribution is -2.19. The SMILES string of the molecule is OCC[C@@H](O[C@H](O)C1=CCC=CC=C1)c1c(Cl)cccc1Cl. The molecule has 5 heteroatoms. The summed E-state index contributed by atoms with van der Waals surface area (Å²) in [6.07, 6.45) is 8.71. The zero-order valence-corrected chi connectivity index (χ0v) is 13.5. The van der Waals surface area contributed by atoms with Gasteiger partial charge in [0.25, 0.3) is 0 Å². The van der Waals surface area contributed by atoms with E-state index in [1.165, 1.54) is 0 Å². The van der Waals surface area contributed by atoms with E-state index in [2.05, 4.69) is 0 Å². The minimum Gasteiger partial charge on any atom is -0.396 e. The molecule has 0 radical (unpaired) electrons. The largest absolute Gasteiger partial charge is 0.396 e. The lowest BCUT2D eigenvalue weighted by atomic mass is 10.1. The molecule has 22 heavy (non-hydrogen) atoms. The molecular formula is C17H18Cl2O3. The van der Waals surface area contributed by atoms with Gasteiger partial charge in [0.1, 0.15) is 0 Å². The van der Waals surface area contributed by atoms with Crippen molar-refractivity contribution in [2.24, 2.45) is 0 Å². The van der Waals surface area contributed by atoms with Crippen molar-refractivity contribution in [1.29, 1.82) is 0 Å². The van der Waals surface area contributed by atoms with Crippen LogP contribution in [-0.4, -0.2) is 23.1 Å². The normalized spacial score (nSPS) is 17.0. The Hall–Kier alpha value is -1.10. The predicted molar refractivity (Wildman–Crippen MR) is 89.0 cm³/mol. The summed E-state index contributed by atoms with van der Waals surface area (Å²) >= 11 is 12.4. The summed E-state index contributed by atoms with van der Waals surface area (Å²) in [6.45, 7) is -0.102. The average Bonchev–Trinajstić information content (AvgIpc) is 2.76. The molecule has 1 aliphatic carbocycles. The highest BCUT2D eigenvalue weighted by molar-refractivity contribution is 6.36. The van der Waals surface area contributed by atoms with Crippen molar-refractivity contribution in [1.82, 2.24) is 0 Å². The monoisotopic (exact) mass is 340 g/mol. The fraction of sp³-hybridized carbons (Fsp3) is 0.294.